The number of likely N-dealkylation sites (N-methyl/N-ethyl adjacent to an activating group) is 2. The molecule has 1 amide bonds. The van der Waals surface area contributed by atoms with Gasteiger partial charge in [-0.15, -0.1) is 11.6 Å². The summed E-state index contributed by atoms with van der Waals surface area (Å²) in [6.07, 6.45) is 0. The number of fused-ring (bicyclic) bond motifs is 1. The Morgan fingerprint density at radius 2 is 1.91 bits per heavy atom. The van der Waals surface area contributed by atoms with Gasteiger partial charge in [0.05, 0.1) is 10.5 Å². The van der Waals surface area contributed by atoms with Gasteiger partial charge in [0.2, 0.25) is 0 Å². The maximum atomic E-state index is 12.4. The number of aryl methyl sites for hydroxylation is 1. The Kier molecular flexibility index (Phi) is 8.78. The number of aromatic nitrogens is 1. The second-order valence-corrected chi connectivity index (χ2v) is 8.82. The zero-order valence-electron chi connectivity index (χ0n) is 19.5. The summed E-state index contributed by atoms with van der Waals surface area (Å²) in [7, 11) is 4.14. The molecule has 2 aromatic carbocycles. The number of pyridine rings is 1. The summed E-state index contributed by atoms with van der Waals surface area (Å²) in [5.41, 5.74) is 3.59. The number of anilines is 2. The first kappa shape index (κ1) is 25.1. The van der Waals surface area contributed by atoms with Crippen molar-refractivity contribution in [3.05, 3.63) is 58.6 Å². The number of nitrogens with zero attached hydrogens (tertiary/aromatic N) is 3. The Labute approximate surface area is 205 Å². The molecule has 0 atom stereocenters. The van der Waals surface area contributed by atoms with E-state index in [1.807, 2.05) is 24.3 Å². The van der Waals surface area contributed by atoms with Crippen LogP contribution in [0.3, 0.4) is 0 Å². The fourth-order valence-corrected chi connectivity index (χ4v) is 3.88. The van der Waals surface area contributed by atoms with Gasteiger partial charge < -0.3 is 19.9 Å². The molecule has 0 unspecified atom stereocenters. The van der Waals surface area contributed by atoms with Crippen LogP contribution < -0.4 is 15.0 Å². The van der Waals surface area contributed by atoms with Crippen molar-refractivity contribution in [1.29, 1.82) is 0 Å². The minimum Gasteiger partial charge on any atom is -0.482 e. The molecule has 0 saturated carbocycles. The van der Waals surface area contributed by atoms with Gasteiger partial charge in [-0.3, -0.25) is 4.79 Å². The molecule has 1 heterocycles. The normalized spacial score (nSPS) is 11.1. The second-order valence-electron chi connectivity index (χ2n) is 8.15. The summed E-state index contributed by atoms with van der Waals surface area (Å²) < 4.78 is 5.57. The van der Waals surface area contributed by atoms with E-state index in [4.69, 9.17) is 32.9 Å². The largest absolute Gasteiger partial charge is 0.482 e. The zero-order chi connectivity index (χ0) is 24.0. The first-order valence-corrected chi connectivity index (χ1v) is 11.8. The van der Waals surface area contributed by atoms with Crippen LogP contribution in [-0.2, 0) is 10.7 Å². The fraction of sp³-hybridized carbons (Fsp3) is 0.360. The Balaban J connectivity index is 1.69. The molecule has 0 aliphatic heterocycles. The number of carbonyl (C=O) groups excluding carboxylic acids is 1. The van der Waals surface area contributed by atoms with Gasteiger partial charge in [0, 0.05) is 36.6 Å². The minimum atomic E-state index is -0.269. The molecule has 1 aromatic heterocycles. The molecule has 6 nitrogen and oxygen atoms in total. The van der Waals surface area contributed by atoms with Crippen molar-refractivity contribution in [2.75, 3.05) is 50.6 Å². The summed E-state index contributed by atoms with van der Waals surface area (Å²) >= 11 is 12.0. The van der Waals surface area contributed by atoms with Crippen LogP contribution in [0.4, 0.5) is 11.5 Å². The number of hydrogen-bond acceptors (Lipinski definition) is 5. The molecular formula is C25H30Cl2N4O2. The van der Waals surface area contributed by atoms with E-state index in [2.05, 4.69) is 49.1 Å². The molecule has 33 heavy (non-hydrogen) atoms. The molecule has 0 aliphatic rings. The lowest BCUT2D eigenvalue weighted by atomic mass is 10.1. The fourth-order valence-electron chi connectivity index (χ4n) is 3.46. The molecule has 1 N–H and O–H groups in total. The van der Waals surface area contributed by atoms with Crippen molar-refractivity contribution in [2.45, 2.75) is 19.7 Å². The molecular weight excluding hydrogens is 459 g/mol. The number of benzene rings is 2. The average molecular weight is 489 g/mol. The number of alkyl halides is 1. The van der Waals surface area contributed by atoms with Gasteiger partial charge in [-0.2, -0.15) is 0 Å². The standard InChI is InChI=1S/C25H30Cl2N4O2/c1-5-31(11-10-30(3)4)24-12-17(2)20-14-19(7-8-22(20)29-24)28-25(32)16-33-23-9-6-18(15-26)13-21(23)27/h6-9,12-14H,5,10-11,15-16H2,1-4H3,(H,28,32). The van der Waals surface area contributed by atoms with E-state index in [1.54, 1.807) is 12.1 Å². The number of nitrogens with one attached hydrogen (secondary N) is 1. The van der Waals surface area contributed by atoms with E-state index in [0.29, 0.717) is 22.3 Å². The molecule has 176 valence electrons. The predicted octanol–water partition coefficient (Wildman–Crippen LogP) is 5.34. The van der Waals surface area contributed by atoms with E-state index < -0.39 is 0 Å². The molecule has 3 aromatic rings. The van der Waals surface area contributed by atoms with Crippen LogP contribution >= 0.6 is 23.2 Å². The lowest BCUT2D eigenvalue weighted by molar-refractivity contribution is -0.118. The average Bonchev–Trinajstić information content (AvgIpc) is 2.78. The van der Waals surface area contributed by atoms with Crippen molar-refractivity contribution in [2.24, 2.45) is 0 Å². The van der Waals surface area contributed by atoms with Crippen LogP contribution in [0, 0.1) is 6.92 Å². The summed E-state index contributed by atoms with van der Waals surface area (Å²) in [6, 6.07) is 13.1. The lowest BCUT2D eigenvalue weighted by Gasteiger charge is -2.24. The summed E-state index contributed by atoms with van der Waals surface area (Å²) in [4.78, 5) is 21.7. The maximum absolute atomic E-state index is 12.4. The Morgan fingerprint density at radius 3 is 2.58 bits per heavy atom. The third-order valence-corrected chi connectivity index (χ3v) is 5.92. The van der Waals surface area contributed by atoms with Crippen LogP contribution in [0.15, 0.2) is 42.5 Å². The van der Waals surface area contributed by atoms with Crippen molar-refractivity contribution in [3.63, 3.8) is 0 Å². The van der Waals surface area contributed by atoms with Gasteiger partial charge in [0.25, 0.3) is 5.91 Å². The molecule has 0 fully saturated rings. The van der Waals surface area contributed by atoms with Crippen LogP contribution in [0.5, 0.6) is 5.75 Å². The number of halogens is 2. The maximum Gasteiger partial charge on any atom is 0.262 e. The van der Waals surface area contributed by atoms with Gasteiger partial charge >= 0.3 is 0 Å². The number of ether oxygens (including phenoxy) is 1. The van der Waals surface area contributed by atoms with Gasteiger partial charge in [0.15, 0.2) is 6.61 Å². The Bertz CT molecular complexity index is 1120. The topological polar surface area (TPSA) is 57.7 Å². The summed E-state index contributed by atoms with van der Waals surface area (Å²) in [6.45, 7) is 6.81. The third kappa shape index (κ3) is 6.73. The first-order chi connectivity index (χ1) is 15.8. The lowest BCUT2D eigenvalue weighted by Crippen LogP contribution is -2.32. The first-order valence-electron chi connectivity index (χ1n) is 10.9. The molecule has 0 saturated heterocycles. The highest BCUT2D eigenvalue weighted by molar-refractivity contribution is 6.32. The highest BCUT2D eigenvalue weighted by Crippen LogP contribution is 2.27. The summed E-state index contributed by atoms with van der Waals surface area (Å²) in [5, 5.41) is 4.31. The highest BCUT2D eigenvalue weighted by atomic mass is 35.5. The second kappa shape index (κ2) is 11.5. The SMILES string of the molecule is CCN(CCN(C)C)c1cc(C)c2cc(NC(=O)COc3ccc(CCl)cc3Cl)ccc2n1. The molecule has 3 rings (SSSR count). The predicted molar refractivity (Wildman–Crippen MR) is 138 cm³/mol. The van der Waals surface area contributed by atoms with E-state index >= 15 is 0 Å². The van der Waals surface area contributed by atoms with Crippen molar-refractivity contribution < 1.29 is 9.53 Å². The molecule has 0 spiro atoms. The van der Waals surface area contributed by atoms with Gasteiger partial charge in [-0.05, 0) is 75.5 Å². The van der Waals surface area contributed by atoms with Gasteiger partial charge in [-0.25, -0.2) is 4.98 Å². The third-order valence-electron chi connectivity index (χ3n) is 5.32. The number of hydrogen-bond donors (Lipinski definition) is 1. The minimum absolute atomic E-state index is 0.147. The van der Waals surface area contributed by atoms with Crippen LogP contribution in [0.2, 0.25) is 5.02 Å². The van der Waals surface area contributed by atoms with Crippen molar-refractivity contribution in [3.8, 4) is 5.75 Å². The van der Waals surface area contributed by atoms with Gasteiger partial charge in [0.1, 0.15) is 11.6 Å². The van der Waals surface area contributed by atoms with E-state index in [1.165, 1.54) is 0 Å². The van der Waals surface area contributed by atoms with Crippen LogP contribution in [0.1, 0.15) is 18.1 Å². The van der Waals surface area contributed by atoms with E-state index in [-0.39, 0.29) is 12.5 Å². The monoisotopic (exact) mass is 488 g/mol. The summed E-state index contributed by atoms with van der Waals surface area (Å²) in [5.74, 6) is 1.51. The molecule has 8 heteroatoms. The van der Waals surface area contributed by atoms with Crippen molar-refractivity contribution >= 4 is 51.5 Å². The van der Waals surface area contributed by atoms with Crippen LogP contribution in [0.25, 0.3) is 10.9 Å². The molecule has 0 bridgehead atoms. The Morgan fingerprint density at radius 1 is 1.12 bits per heavy atom. The smallest absolute Gasteiger partial charge is 0.262 e. The van der Waals surface area contributed by atoms with E-state index in [0.717, 1.165) is 47.5 Å². The Hall–Kier alpha value is -2.54. The number of rotatable bonds is 10. The molecule has 0 aliphatic carbocycles. The molecule has 0 radical (unpaired) electrons. The van der Waals surface area contributed by atoms with Crippen LogP contribution in [-0.4, -0.2) is 56.1 Å². The number of carbonyl (C=O) groups is 1. The quantitative estimate of drug-likeness (QED) is 0.390. The number of amides is 1. The highest BCUT2D eigenvalue weighted by Gasteiger charge is 2.12. The zero-order valence-corrected chi connectivity index (χ0v) is 21.0. The van der Waals surface area contributed by atoms with E-state index in [9.17, 15) is 4.79 Å². The van der Waals surface area contributed by atoms with Crippen molar-refractivity contribution in [1.82, 2.24) is 9.88 Å². The van der Waals surface area contributed by atoms with Gasteiger partial charge in [-0.1, -0.05) is 17.7 Å².